The van der Waals surface area contributed by atoms with Crippen molar-refractivity contribution in [2.45, 2.75) is 19.7 Å². The van der Waals surface area contributed by atoms with E-state index in [1.807, 2.05) is 6.07 Å². The summed E-state index contributed by atoms with van der Waals surface area (Å²) in [4.78, 5) is 12.6. The summed E-state index contributed by atoms with van der Waals surface area (Å²) in [5, 5.41) is 19.6. The van der Waals surface area contributed by atoms with Gasteiger partial charge in [-0.3, -0.25) is 0 Å². The molecular weight excluding hydrogens is 401 g/mol. The lowest BCUT2D eigenvalue weighted by atomic mass is 10.1. The number of rotatable bonds is 5. The minimum atomic E-state index is -4.45. The van der Waals surface area contributed by atoms with Gasteiger partial charge in [-0.2, -0.15) is 18.4 Å². The molecule has 0 unspecified atom stereocenters. The average Bonchev–Trinajstić information content (AvgIpc) is 2.96. The van der Waals surface area contributed by atoms with E-state index >= 15 is 0 Å². The van der Waals surface area contributed by atoms with Gasteiger partial charge < -0.3 is 19.1 Å². The van der Waals surface area contributed by atoms with Crippen molar-refractivity contribution in [1.82, 2.24) is 4.57 Å². The number of carbonyl (C=O) groups excluding carboxylic acids is 1. The fraction of sp³-hybridized carbons (Fsp3) is 0.238. The first-order valence-corrected chi connectivity index (χ1v) is 8.89. The molecule has 0 fully saturated rings. The number of phenols is 1. The Labute approximate surface area is 169 Å². The molecule has 0 atom stereocenters. The number of benzene rings is 2. The molecule has 0 aliphatic carbocycles. The van der Waals surface area contributed by atoms with E-state index in [1.165, 1.54) is 24.3 Å². The van der Waals surface area contributed by atoms with Gasteiger partial charge in [0.2, 0.25) is 0 Å². The third kappa shape index (κ3) is 3.89. The number of hydrogen-bond acceptors (Lipinski definition) is 5. The molecule has 1 N–H and O–H groups in total. The fourth-order valence-electron chi connectivity index (χ4n) is 3.10. The molecule has 9 heteroatoms. The van der Waals surface area contributed by atoms with Crippen molar-refractivity contribution in [3.8, 4) is 17.6 Å². The lowest BCUT2D eigenvalue weighted by Crippen LogP contribution is -2.11. The zero-order valence-corrected chi connectivity index (χ0v) is 16.1. The molecule has 0 aliphatic heterocycles. The molecule has 0 bridgehead atoms. The monoisotopic (exact) mass is 418 g/mol. The van der Waals surface area contributed by atoms with Gasteiger partial charge in [0, 0.05) is 12.4 Å². The lowest BCUT2D eigenvalue weighted by Gasteiger charge is -2.11. The van der Waals surface area contributed by atoms with Crippen LogP contribution in [0.1, 0.15) is 34.1 Å². The van der Waals surface area contributed by atoms with Crippen LogP contribution in [-0.2, 0) is 24.6 Å². The highest BCUT2D eigenvalue weighted by Crippen LogP contribution is 2.33. The van der Waals surface area contributed by atoms with Gasteiger partial charge >= 0.3 is 12.1 Å². The molecule has 3 aromatic rings. The van der Waals surface area contributed by atoms with Crippen LogP contribution in [0.3, 0.4) is 0 Å². The van der Waals surface area contributed by atoms with Gasteiger partial charge in [0.25, 0.3) is 0 Å². The zero-order chi connectivity index (χ0) is 22.1. The largest absolute Gasteiger partial charge is 0.507 e. The predicted octanol–water partition coefficient (Wildman–Crippen LogP) is 4.53. The highest BCUT2D eigenvalue weighted by atomic mass is 19.4. The first-order valence-electron chi connectivity index (χ1n) is 8.89. The molecule has 0 saturated carbocycles. The Kier molecular flexibility index (Phi) is 5.60. The number of aromatic nitrogens is 1. The Balaban J connectivity index is 2.01. The molecular formula is C21H17F3N2O4. The number of carbonyl (C=O) groups is 1. The average molecular weight is 418 g/mol. The van der Waals surface area contributed by atoms with Crippen LogP contribution in [-0.4, -0.2) is 22.2 Å². The summed E-state index contributed by atoms with van der Waals surface area (Å²) in [7, 11) is 1.65. The van der Waals surface area contributed by atoms with Crippen molar-refractivity contribution < 1.29 is 32.5 Å². The molecule has 6 nitrogen and oxygen atoms in total. The van der Waals surface area contributed by atoms with E-state index in [0.717, 1.165) is 12.1 Å². The standard InChI is InChI=1S/C21H17F3N2O4/c1-3-29-20(28)19-15-9-18(27)12(10-25)8-16(15)26(2)17(19)11-30-14-6-4-13(5-7-14)21(22,23)24/h4-9,27H,3,11H2,1-2H3. The maximum atomic E-state index is 12.7. The number of aromatic hydroxyl groups is 1. The van der Waals surface area contributed by atoms with Crippen LogP contribution in [0.5, 0.6) is 11.5 Å². The van der Waals surface area contributed by atoms with Gasteiger partial charge in [-0.15, -0.1) is 0 Å². The van der Waals surface area contributed by atoms with E-state index in [1.54, 1.807) is 18.5 Å². The molecule has 2 aromatic carbocycles. The Bertz CT molecular complexity index is 1140. The number of phenolic OH excluding ortho intramolecular Hbond substituents is 1. The van der Waals surface area contributed by atoms with E-state index in [4.69, 9.17) is 14.7 Å². The summed E-state index contributed by atoms with van der Waals surface area (Å²) in [5.74, 6) is -0.738. The maximum Gasteiger partial charge on any atom is 0.416 e. The van der Waals surface area contributed by atoms with Crippen LogP contribution >= 0.6 is 0 Å². The van der Waals surface area contributed by atoms with Crippen molar-refractivity contribution in [1.29, 1.82) is 5.26 Å². The Morgan fingerprint density at radius 2 is 1.90 bits per heavy atom. The van der Waals surface area contributed by atoms with Crippen LogP contribution in [0, 0.1) is 11.3 Å². The van der Waals surface area contributed by atoms with Crippen molar-refractivity contribution >= 4 is 16.9 Å². The number of ether oxygens (including phenoxy) is 2. The van der Waals surface area contributed by atoms with Gasteiger partial charge in [-0.05, 0) is 43.3 Å². The first-order chi connectivity index (χ1) is 14.2. The normalized spacial score (nSPS) is 11.3. The van der Waals surface area contributed by atoms with Gasteiger partial charge in [-0.1, -0.05) is 0 Å². The van der Waals surface area contributed by atoms with Crippen LogP contribution in [0.2, 0.25) is 0 Å². The minimum Gasteiger partial charge on any atom is -0.507 e. The maximum absolute atomic E-state index is 12.7. The van der Waals surface area contributed by atoms with E-state index in [0.29, 0.717) is 16.6 Å². The Morgan fingerprint density at radius 3 is 2.47 bits per heavy atom. The molecule has 30 heavy (non-hydrogen) atoms. The quantitative estimate of drug-likeness (QED) is 0.616. The molecule has 156 valence electrons. The predicted molar refractivity (Wildman–Crippen MR) is 101 cm³/mol. The molecule has 1 aromatic heterocycles. The summed E-state index contributed by atoms with van der Waals surface area (Å²) >= 11 is 0. The van der Waals surface area contributed by atoms with Crippen LogP contribution in [0.25, 0.3) is 10.9 Å². The van der Waals surface area contributed by atoms with Gasteiger partial charge in [-0.25, -0.2) is 4.79 Å². The number of esters is 1. The fourth-order valence-corrected chi connectivity index (χ4v) is 3.10. The molecule has 0 spiro atoms. The molecule has 3 rings (SSSR count). The molecule has 1 heterocycles. The molecule has 0 amide bonds. The summed E-state index contributed by atoms with van der Waals surface area (Å²) in [6, 6.07) is 8.80. The Hall–Kier alpha value is -3.67. The second kappa shape index (κ2) is 7.99. The van der Waals surface area contributed by atoms with Gasteiger partial charge in [0.15, 0.2) is 0 Å². The van der Waals surface area contributed by atoms with Crippen LogP contribution < -0.4 is 4.74 Å². The summed E-state index contributed by atoms with van der Waals surface area (Å²) in [6.07, 6.45) is -4.45. The molecule has 0 aliphatic rings. The number of nitriles is 1. The third-order valence-corrected chi connectivity index (χ3v) is 4.60. The van der Waals surface area contributed by atoms with Crippen molar-refractivity contribution in [3.05, 3.63) is 58.8 Å². The van der Waals surface area contributed by atoms with Gasteiger partial charge in [0.1, 0.15) is 24.2 Å². The minimum absolute atomic E-state index is 0.0358. The number of aryl methyl sites for hydroxylation is 1. The summed E-state index contributed by atoms with van der Waals surface area (Å²) in [6.45, 7) is 1.62. The molecule has 0 radical (unpaired) electrons. The van der Waals surface area contributed by atoms with E-state index in [9.17, 15) is 23.1 Å². The number of nitrogens with zero attached hydrogens (tertiary/aromatic N) is 2. The third-order valence-electron chi connectivity index (χ3n) is 4.60. The topological polar surface area (TPSA) is 84.5 Å². The Morgan fingerprint density at radius 1 is 1.23 bits per heavy atom. The number of alkyl halides is 3. The van der Waals surface area contributed by atoms with Crippen LogP contribution in [0.15, 0.2) is 36.4 Å². The second-order valence-corrected chi connectivity index (χ2v) is 6.41. The lowest BCUT2D eigenvalue weighted by molar-refractivity contribution is -0.137. The van der Waals surface area contributed by atoms with Crippen molar-refractivity contribution in [2.75, 3.05) is 6.61 Å². The van der Waals surface area contributed by atoms with Gasteiger partial charge in [0.05, 0.1) is 34.5 Å². The highest BCUT2D eigenvalue weighted by Gasteiger charge is 2.30. The zero-order valence-electron chi connectivity index (χ0n) is 16.1. The van der Waals surface area contributed by atoms with Crippen molar-refractivity contribution in [2.24, 2.45) is 7.05 Å². The smallest absolute Gasteiger partial charge is 0.416 e. The number of fused-ring (bicyclic) bond motifs is 1. The van der Waals surface area contributed by atoms with E-state index in [2.05, 4.69) is 0 Å². The number of hydrogen-bond donors (Lipinski definition) is 1. The van der Waals surface area contributed by atoms with Crippen LogP contribution in [0.4, 0.5) is 13.2 Å². The molecule has 0 saturated heterocycles. The summed E-state index contributed by atoms with van der Waals surface area (Å²) in [5.41, 5.74) is 0.275. The van der Waals surface area contributed by atoms with E-state index < -0.39 is 17.7 Å². The first kappa shape index (κ1) is 21.0. The summed E-state index contributed by atoms with van der Waals surface area (Å²) < 4.78 is 50.5. The van der Waals surface area contributed by atoms with Crippen molar-refractivity contribution in [3.63, 3.8) is 0 Å². The SMILES string of the molecule is CCOC(=O)c1c(COc2ccc(C(F)(F)F)cc2)n(C)c2cc(C#N)c(O)cc12. The second-order valence-electron chi connectivity index (χ2n) is 6.41. The van der Waals surface area contributed by atoms with E-state index in [-0.39, 0.29) is 35.8 Å². The highest BCUT2D eigenvalue weighted by molar-refractivity contribution is 6.06. The number of halogens is 3.